The number of rotatable bonds is 4. The van der Waals surface area contributed by atoms with Crippen LogP contribution in [0.4, 0.5) is 0 Å². The predicted molar refractivity (Wildman–Crippen MR) is 201 cm³/mol. The van der Waals surface area contributed by atoms with Gasteiger partial charge in [0, 0.05) is 56.1 Å². The lowest BCUT2D eigenvalue weighted by atomic mass is 9.85. The van der Waals surface area contributed by atoms with Crippen LogP contribution in [0.2, 0.25) is 0 Å². The third-order valence-corrected chi connectivity index (χ3v) is 10.4. The number of fused-ring (bicyclic) bond motifs is 5. The average Bonchev–Trinajstić information content (AvgIpc) is 3.54. The number of benzene rings is 6. The van der Waals surface area contributed by atoms with Crippen LogP contribution < -0.4 is 0 Å². The van der Waals surface area contributed by atoms with E-state index in [0.29, 0.717) is 11.1 Å². The highest BCUT2D eigenvalue weighted by Gasteiger charge is 2.19. The van der Waals surface area contributed by atoms with E-state index in [1.165, 1.54) is 52.8 Å². The monoisotopic (exact) mass is 640 g/mol. The van der Waals surface area contributed by atoms with Crippen molar-refractivity contribution in [3.63, 3.8) is 0 Å². The van der Waals surface area contributed by atoms with E-state index in [2.05, 4.69) is 131 Å². The van der Waals surface area contributed by atoms with Gasteiger partial charge in [0.05, 0.1) is 11.1 Å². The van der Waals surface area contributed by atoms with Crippen LogP contribution in [0.25, 0.3) is 86.2 Å². The number of aromatic nitrogens is 2. The molecule has 0 unspecified atom stereocenters. The molecule has 4 nitrogen and oxygen atoms in total. The quantitative estimate of drug-likeness (QED) is 0.179. The largest absolute Gasteiger partial charge is 0.263 e. The van der Waals surface area contributed by atoms with Gasteiger partial charge in [0.2, 0.25) is 0 Å². The summed E-state index contributed by atoms with van der Waals surface area (Å²) < 4.78 is 2.53. The predicted octanol–water partition coefficient (Wildman–Crippen LogP) is 11.6. The summed E-state index contributed by atoms with van der Waals surface area (Å²) in [4.78, 5) is 8.55. The van der Waals surface area contributed by atoms with Crippen molar-refractivity contribution in [2.45, 2.75) is 0 Å². The molecule has 226 valence electrons. The lowest BCUT2D eigenvalue weighted by Crippen LogP contribution is -1.92. The normalized spacial score (nSPS) is 11.2. The van der Waals surface area contributed by atoms with Gasteiger partial charge in [-0.1, -0.05) is 91.0 Å². The van der Waals surface area contributed by atoms with E-state index >= 15 is 0 Å². The molecule has 0 saturated carbocycles. The minimum absolute atomic E-state index is 0.543. The molecule has 0 aliphatic heterocycles. The van der Waals surface area contributed by atoms with E-state index in [1.807, 2.05) is 23.5 Å². The molecule has 49 heavy (non-hydrogen) atoms. The van der Waals surface area contributed by atoms with E-state index in [-0.39, 0.29) is 0 Å². The minimum Gasteiger partial charge on any atom is -0.263 e. The summed E-state index contributed by atoms with van der Waals surface area (Å²) in [6.07, 6.45) is 6.78. The molecule has 3 heterocycles. The van der Waals surface area contributed by atoms with Crippen molar-refractivity contribution in [1.29, 1.82) is 10.5 Å². The van der Waals surface area contributed by atoms with Crippen molar-refractivity contribution in [3.05, 3.63) is 157 Å². The summed E-state index contributed by atoms with van der Waals surface area (Å²) in [6.45, 7) is 0. The molecule has 0 fully saturated rings. The van der Waals surface area contributed by atoms with E-state index < -0.39 is 0 Å². The molecule has 9 aromatic rings. The SMILES string of the molecule is N#Cc1cncc(-c2ccc(-c3c4ccccc4c(-c4ccc(-c5cncc(C#N)c5)cc4)c4cc5c(cc34)sc3ccccc35)cc2)c1. The fraction of sp³-hybridized carbons (Fsp3) is 0. The first-order valence-corrected chi connectivity index (χ1v) is 16.7. The zero-order chi connectivity index (χ0) is 32.9. The molecule has 0 aliphatic carbocycles. The van der Waals surface area contributed by atoms with Gasteiger partial charge in [-0.3, -0.25) is 9.97 Å². The van der Waals surface area contributed by atoms with Crippen LogP contribution in [0.5, 0.6) is 0 Å². The van der Waals surface area contributed by atoms with E-state index in [9.17, 15) is 10.5 Å². The molecule has 9 rings (SSSR count). The molecule has 0 radical (unpaired) electrons. The molecule has 0 saturated heterocycles. The van der Waals surface area contributed by atoms with Crippen molar-refractivity contribution in [1.82, 2.24) is 9.97 Å². The Bertz CT molecular complexity index is 2840. The maximum Gasteiger partial charge on any atom is 0.101 e. The number of nitrogens with zero attached hydrogens (tertiary/aromatic N) is 4. The molecule has 0 atom stereocenters. The Balaban J connectivity index is 1.31. The van der Waals surface area contributed by atoms with Crippen LogP contribution in [-0.2, 0) is 0 Å². The Kier molecular flexibility index (Phi) is 6.73. The molecule has 0 bridgehead atoms. The van der Waals surface area contributed by atoms with Crippen LogP contribution in [0.15, 0.2) is 146 Å². The maximum absolute atomic E-state index is 9.42. The first-order chi connectivity index (χ1) is 24.2. The second-order valence-electron chi connectivity index (χ2n) is 12.1. The molecule has 0 spiro atoms. The molecule has 5 heteroatoms. The molecule has 0 aliphatic rings. The van der Waals surface area contributed by atoms with Crippen molar-refractivity contribution >= 4 is 53.1 Å². The first-order valence-electron chi connectivity index (χ1n) is 15.9. The molecule has 0 amide bonds. The Labute approximate surface area is 286 Å². The maximum atomic E-state index is 9.42. The summed E-state index contributed by atoms with van der Waals surface area (Å²) in [5.74, 6) is 0. The number of hydrogen-bond acceptors (Lipinski definition) is 5. The first kappa shape index (κ1) is 28.6. The lowest BCUT2D eigenvalue weighted by molar-refractivity contribution is 1.30. The molecule has 0 N–H and O–H groups in total. The van der Waals surface area contributed by atoms with Gasteiger partial charge >= 0.3 is 0 Å². The second-order valence-corrected chi connectivity index (χ2v) is 13.2. The van der Waals surface area contributed by atoms with Crippen molar-refractivity contribution in [3.8, 4) is 56.6 Å². The van der Waals surface area contributed by atoms with Crippen LogP contribution >= 0.6 is 11.3 Å². The zero-order valence-electron chi connectivity index (χ0n) is 26.1. The average molecular weight is 641 g/mol. The Morgan fingerprint density at radius 1 is 0.388 bits per heavy atom. The highest BCUT2D eigenvalue weighted by molar-refractivity contribution is 7.25. The summed E-state index contributed by atoms with van der Waals surface area (Å²) in [6, 6.07) is 47.5. The van der Waals surface area contributed by atoms with Gasteiger partial charge in [-0.05, 0) is 85.3 Å². The highest BCUT2D eigenvalue weighted by atomic mass is 32.1. The summed E-state index contributed by atoms with van der Waals surface area (Å²) in [7, 11) is 0. The van der Waals surface area contributed by atoms with Gasteiger partial charge < -0.3 is 0 Å². The van der Waals surface area contributed by atoms with Crippen LogP contribution in [0.3, 0.4) is 0 Å². The fourth-order valence-electron chi connectivity index (χ4n) is 6.99. The Morgan fingerprint density at radius 2 is 0.857 bits per heavy atom. The number of thiophene rings is 1. The Morgan fingerprint density at radius 3 is 1.39 bits per heavy atom. The van der Waals surface area contributed by atoms with E-state index in [1.54, 1.807) is 24.8 Å². The second kappa shape index (κ2) is 11.5. The van der Waals surface area contributed by atoms with E-state index in [4.69, 9.17) is 0 Å². The molecular weight excluding hydrogens is 617 g/mol. The van der Waals surface area contributed by atoms with Gasteiger partial charge in [0.1, 0.15) is 12.1 Å². The Hall–Kier alpha value is -6.66. The van der Waals surface area contributed by atoms with Gasteiger partial charge in [0.25, 0.3) is 0 Å². The number of hydrogen-bond donors (Lipinski definition) is 0. The standard InChI is InChI=1S/C44H24N4S/c45-21-27-17-33(25-47-23-27)29-9-13-31(14-10-29)43-36-6-1-2-7-37(36)44(32-15-11-30(12-16-32)34-18-28(22-46)24-48-26-34)40-20-42-38(19-39(40)43)35-5-3-4-8-41(35)49-42/h1-20,23-26H. The van der Waals surface area contributed by atoms with Crippen LogP contribution in [-0.4, -0.2) is 9.97 Å². The van der Waals surface area contributed by atoms with Crippen molar-refractivity contribution < 1.29 is 0 Å². The van der Waals surface area contributed by atoms with E-state index in [0.717, 1.165) is 33.4 Å². The summed E-state index contributed by atoms with van der Waals surface area (Å²) in [5, 5.41) is 26.1. The third-order valence-electron chi connectivity index (χ3n) is 9.27. The minimum atomic E-state index is 0.543. The van der Waals surface area contributed by atoms with Crippen LogP contribution in [0, 0.1) is 22.7 Å². The molecule has 3 aromatic heterocycles. The number of pyridine rings is 2. The molecular formula is C44H24N4S. The van der Waals surface area contributed by atoms with Crippen molar-refractivity contribution in [2.75, 3.05) is 0 Å². The zero-order valence-corrected chi connectivity index (χ0v) is 26.9. The lowest BCUT2D eigenvalue weighted by Gasteiger charge is -2.18. The highest BCUT2D eigenvalue weighted by Crippen LogP contribution is 2.47. The number of nitriles is 2. The van der Waals surface area contributed by atoms with Gasteiger partial charge in [-0.15, -0.1) is 11.3 Å². The summed E-state index contributed by atoms with van der Waals surface area (Å²) >= 11 is 1.83. The van der Waals surface area contributed by atoms with Gasteiger partial charge in [-0.25, -0.2) is 0 Å². The van der Waals surface area contributed by atoms with Gasteiger partial charge in [-0.2, -0.15) is 10.5 Å². The topological polar surface area (TPSA) is 73.4 Å². The molecule has 6 aromatic carbocycles. The fourth-order valence-corrected chi connectivity index (χ4v) is 8.12. The summed E-state index contributed by atoms with van der Waals surface area (Å²) in [5.41, 5.74) is 9.59. The third kappa shape index (κ3) is 4.81. The smallest absolute Gasteiger partial charge is 0.101 e. The van der Waals surface area contributed by atoms with Crippen molar-refractivity contribution in [2.24, 2.45) is 0 Å². The van der Waals surface area contributed by atoms with Gasteiger partial charge in [0.15, 0.2) is 0 Å². The van der Waals surface area contributed by atoms with Crippen LogP contribution in [0.1, 0.15) is 11.1 Å².